The summed E-state index contributed by atoms with van der Waals surface area (Å²) in [4.78, 5) is 13.9. The fourth-order valence-electron chi connectivity index (χ4n) is 2.29. The first-order chi connectivity index (χ1) is 9.35. The molecular weight excluding hydrogens is 254 g/mol. The lowest BCUT2D eigenvalue weighted by molar-refractivity contribution is 0.0583. The van der Waals surface area contributed by atoms with Gasteiger partial charge in [0.05, 0.1) is 12.8 Å². The van der Waals surface area contributed by atoms with Crippen LogP contribution in [-0.4, -0.2) is 25.3 Å². The van der Waals surface area contributed by atoms with Gasteiger partial charge in [-0.1, -0.05) is 6.08 Å². The van der Waals surface area contributed by atoms with Crippen molar-refractivity contribution in [2.24, 2.45) is 0 Å². The summed E-state index contributed by atoms with van der Waals surface area (Å²) in [6.45, 7) is 9.99. The number of benzene rings is 1. The topological polar surface area (TPSA) is 38.8 Å². The molecule has 0 bridgehead atoms. The number of nitrogens with zero attached hydrogens (tertiary/aromatic N) is 1. The molecule has 1 heterocycles. The summed E-state index contributed by atoms with van der Waals surface area (Å²) in [5, 5.41) is 0. The molecule has 0 spiro atoms. The molecule has 0 aliphatic carbocycles. The zero-order valence-corrected chi connectivity index (χ0v) is 12.5. The lowest BCUT2D eigenvalue weighted by Gasteiger charge is -2.25. The van der Waals surface area contributed by atoms with E-state index in [1.165, 1.54) is 0 Å². The number of amides is 1. The second-order valence-electron chi connectivity index (χ2n) is 5.86. The molecule has 1 unspecified atom stereocenters. The van der Waals surface area contributed by atoms with Gasteiger partial charge in [-0.05, 0) is 44.5 Å². The van der Waals surface area contributed by atoms with Gasteiger partial charge in [0.2, 0.25) is 0 Å². The van der Waals surface area contributed by atoms with Crippen LogP contribution >= 0.6 is 0 Å². The highest BCUT2D eigenvalue weighted by Gasteiger charge is 2.33. The van der Waals surface area contributed by atoms with Gasteiger partial charge >= 0.3 is 6.09 Å². The van der Waals surface area contributed by atoms with Crippen LogP contribution in [0.5, 0.6) is 5.75 Å². The quantitative estimate of drug-likeness (QED) is 0.772. The molecule has 1 amide bonds. The first-order valence-electron chi connectivity index (χ1n) is 6.66. The van der Waals surface area contributed by atoms with Crippen molar-refractivity contribution in [2.45, 2.75) is 32.3 Å². The number of methoxy groups -OCH3 is 1. The van der Waals surface area contributed by atoms with Crippen LogP contribution in [-0.2, 0) is 4.74 Å². The van der Waals surface area contributed by atoms with E-state index in [2.05, 4.69) is 6.58 Å². The minimum Gasteiger partial charge on any atom is -0.497 e. The highest BCUT2D eigenvalue weighted by atomic mass is 16.6. The summed E-state index contributed by atoms with van der Waals surface area (Å²) in [7, 11) is 1.63. The summed E-state index contributed by atoms with van der Waals surface area (Å²) in [6.07, 6.45) is 1.52. The molecule has 4 nitrogen and oxygen atoms in total. The average molecular weight is 275 g/mol. The van der Waals surface area contributed by atoms with Crippen molar-refractivity contribution in [3.8, 4) is 5.75 Å². The second kappa shape index (κ2) is 5.19. The Kier molecular flexibility index (Phi) is 3.75. The number of rotatable bonds is 2. The Hall–Kier alpha value is -1.97. The summed E-state index contributed by atoms with van der Waals surface area (Å²) in [6, 6.07) is 5.69. The molecule has 1 aliphatic rings. The van der Waals surface area contributed by atoms with Gasteiger partial charge in [0, 0.05) is 12.5 Å². The van der Waals surface area contributed by atoms with Gasteiger partial charge in [-0.15, -0.1) is 6.58 Å². The molecule has 0 aromatic heterocycles. The normalized spacial score (nSPS) is 17.6. The fourth-order valence-corrected chi connectivity index (χ4v) is 2.29. The minimum absolute atomic E-state index is 0.104. The summed E-state index contributed by atoms with van der Waals surface area (Å²) in [5.41, 5.74) is 1.41. The Balaban J connectivity index is 2.32. The number of anilines is 1. The molecule has 2 rings (SSSR count). The third kappa shape index (κ3) is 2.79. The molecule has 0 fully saturated rings. The predicted molar refractivity (Wildman–Crippen MR) is 79.5 cm³/mol. The monoisotopic (exact) mass is 275 g/mol. The van der Waals surface area contributed by atoms with Crippen LogP contribution in [0.1, 0.15) is 32.3 Å². The van der Waals surface area contributed by atoms with Gasteiger partial charge in [0.15, 0.2) is 0 Å². The Morgan fingerprint density at radius 2 is 2.15 bits per heavy atom. The van der Waals surface area contributed by atoms with Crippen LogP contribution in [0.2, 0.25) is 0 Å². The molecule has 1 atom stereocenters. The Morgan fingerprint density at radius 3 is 2.70 bits per heavy atom. The van der Waals surface area contributed by atoms with Crippen molar-refractivity contribution >= 4 is 11.8 Å². The molecule has 1 aliphatic heterocycles. The van der Waals surface area contributed by atoms with Gasteiger partial charge in [0.25, 0.3) is 0 Å². The Bertz CT molecular complexity index is 531. The maximum atomic E-state index is 12.3. The van der Waals surface area contributed by atoms with Gasteiger partial charge < -0.3 is 9.47 Å². The predicted octanol–water partition coefficient (Wildman–Crippen LogP) is 3.72. The zero-order chi connectivity index (χ0) is 14.9. The molecule has 1 aromatic carbocycles. The van der Waals surface area contributed by atoms with Crippen molar-refractivity contribution in [1.29, 1.82) is 0 Å². The van der Waals surface area contributed by atoms with Crippen molar-refractivity contribution in [3.63, 3.8) is 0 Å². The minimum atomic E-state index is -0.504. The molecule has 0 saturated heterocycles. The molecule has 0 radical (unpaired) electrons. The van der Waals surface area contributed by atoms with E-state index in [1.807, 2.05) is 45.0 Å². The highest BCUT2D eigenvalue weighted by molar-refractivity contribution is 5.91. The van der Waals surface area contributed by atoms with Crippen molar-refractivity contribution < 1.29 is 14.3 Å². The van der Waals surface area contributed by atoms with E-state index in [0.29, 0.717) is 6.54 Å². The maximum absolute atomic E-state index is 12.3. The number of hydrogen-bond acceptors (Lipinski definition) is 3. The van der Waals surface area contributed by atoms with Gasteiger partial charge in [0.1, 0.15) is 11.4 Å². The first-order valence-corrected chi connectivity index (χ1v) is 6.66. The van der Waals surface area contributed by atoms with Crippen LogP contribution < -0.4 is 9.64 Å². The maximum Gasteiger partial charge on any atom is 0.414 e. The number of ether oxygens (including phenoxy) is 2. The van der Waals surface area contributed by atoms with Crippen molar-refractivity contribution in [2.75, 3.05) is 18.6 Å². The van der Waals surface area contributed by atoms with Crippen LogP contribution in [0, 0.1) is 0 Å². The summed E-state index contributed by atoms with van der Waals surface area (Å²) < 4.78 is 10.7. The van der Waals surface area contributed by atoms with E-state index in [-0.39, 0.29) is 12.0 Å². The third-order valence-electron chi connectivity index (χ3n) is 3.20. The Morgan fingerprint density at radius 1 is 1.45 bits per heavy atom. The number of fused-ring (bicyclic) bond motifs is 1. The Labute approximate surface area is 120 Å². The van der Waals surface area contributed by atoms with E-state index < -0.39 is 5.60 Å². The van der Waals surface area contributed by atoms with Crippen LogP contribution in [0.25, 0.3) is 0 Å². The van der Waals surface area contributed by atoms with E-state index in [4.69, 9.17) is 9.47 Å². The smallest absolute Gasteiger partial charge is 0.414 e. The number of hydrogen-bond donors (Lipinski definition) is 0. The molecule has 0 N–H and O–H groups in total. The zero-order valence-electron chi connectivity index (χ0n) is 12.5. The lowest BCUT2D eigenvalue weighted by Crippen LogP contribution is -2.36. The second-order valence-corrected chi connectivity index (χ2v) is 5.86. The van der Waals surface area contributed by atoms with Gasteiger partial charge in [-0.2, -0.15) is 0 Å². The van der Waals surface area contributed by atoms with Crippen LogP contribution in [0.15, 0.2) is 30.9 Å². The third-order valence-corrected chi connectivity index (χ3v) is 3.20. The van der Waals surface area contributed by atoms with Crippen LogP contribution in [0.3, 0.4) is 0 Å². The summed E-state index contributed by atoms with van der Waals surface area (Å²) in [5.74, 6) is 0.884. The molecule has 1 aromatic rings. The molecular formula is C16H21NO3. The van der Waals surface area contributed by atoms with E-state index >= 15 is 0 Å². The fraction of sp³-hybridized carbons (Fsp3) is 0.438. The van der Waals surface area contributed by atoms with Crippen molar-refractivity contribution in [1.82, 2.24) is 0 Å². The SMILES string of the molecule is C=CC1CN(C(=O)OC(C)(C)C)c2ccc(OC)cc21. The van der Waals surface area contributed by atoms with E-state index in [1.54, 1.807) is 12.0 Å². The number of carbonyl (C=O) groups excluding carboxylic acids is 1. The number of carbonyl (C=O) groups is 1. The molecule has 108 valence electrons. The highest BCUT2D eigenvalue weighted by Crippen LogP contribution is 2.39. The van der Waals surface area contributed by atoms with Crippen molar-refractivity contribution in [3.05, 3.63) is 36.4 Å². The van der Waals surface area contributed by atoms with Crippen LogP contribution in [0.4, 0.5) is 10.5 Å². The standard InChI is InChI=1S/C16H21NO3/c1-6-11-10-17(15(18)20-16(2,3)4)14-8-7-12(19-5)9-13(11)14/h6-9,11H,1,10H2,2-5H3. The first kappa shape index (κ1) is 14.4. The van der Waals surface area contributed by atoms with Gasteiger partial charge in [-0.25, -0.2) is 4.79 Å². The van der Waals surface area contributed by atoms with E-state index in [0.717, 1.165) is 17.0 Å². The van der Waals surface area contributed by atoms with Gasteiger partial charge in [-0.3, -0.25) is 4.90 Å². The summed E-state index contributed by atoms with van der Waals surface area (Å²) >= 11 is 0. The average Bonchev–Trinajstić information content (AvgIpc) is 2.74. The molecule has 4 heteroatoms. The largest absolute Gasteiger partial charge is 0.497 e. The molecule has 20 heavy (non-hydrogen) atoms. The van der Waals surface area contributed by atoms with E-state index in [9.17, 15) is 4.79 Å². The lowest BCUT2D eigenvalue weighted by atomic mass is 10.0. The molecule has 0 saturated carbocycles.